The lowest BCUT2D eigenvalue weighted by Gasteiger charge is -2.26. The second kappa shape index (κ2) is 10.4. The third kappa shape index (κ3) is 5.70. The standard InChI is InChI=1S/C27H23ClN2O5/c1-17-6-9-22(10-7-17)34-12-13-35-24-11-8-20(28)15-19(24)16-23-25(31)29-27(33)30(26(23)32)21-5-3-4-18(2)14-21/h3-11,14-16H,12-13H2,1-2H3,(H,29,31,33). The van der Waals surface area contributed by atoms with Crippen LogP contribution in [-0.2, 0) is 9.59 Å². The highest BCUT2D eigenvalue weighted by molar-refractivity contribution is 6.39. The zero-order chi connectivity index (χ0) is 24.9. The first-order valence-corrected chi connectivity index (χ1v) is 11.3. The number of amides is 4. The van der Waals surface area contributed by atoms with Gasteiger partial charge in [0.15, 0.2) is 0 Å². The van der Waals surface area contributed by atoms with Crippen LogP contribution in [0, 0.1) is 13.8 Å². The average molecular weight is 491 g/mol. The van der Waals surface area contributed by atoms with Crippen LogP contribution in [-0.4, -0.2) is 31.1 Å². The summed E-state index contributed by atoms with van der Waals surface area (Å²) in [5.74, 6) is -0.396. The molecule has 0 atom stereocenters. The van der Waals surface area contributed by atoms with Crippen LogP contribution in [0.15, 0.2) is 72.3 Å². The van der Waals surface area contributed by atoms with Crippen LogP contribution in [0.1, 0.15) is 16.7 Å². The SMILES string of the molecule is Cc1ccc(OCCOc2ccc(Cl)cc2C=C2C(=O)NC(=O)N(c3cccc(C)c3)C2=O)cc1. The van der Waals surface area contributed by atoms with Crippen molar-refractivity contribution in [2.45, 2.75) is 13.8 Å². The molecule has 4 rings (SSSR count). The lowest BCUT2D eigenvalue weighted by atomic mass is 10.1. The molecule has 3 aromatic rings. The maximum absolute atomic E-state index is 13.2. The molecule has 1 saturated heterocycles. The number of aryl methyl sites for hydroxylation is 2. The third-order valence-electron chi connectivity index (χ3n) is 5.26. The van der Waals surface area contributed by atoms with Crippen LogP contribution in [0.25, 0.3) is 6.08 Å². The number of anilines is 1. The van der Waals surface area contributed by atoms with Crippen LogP contribution in [0.5, 0.6) is 11.5 Å². The largest absolute Gasteiger partial charge is 0.490 e. The first-order chi connectivity index (χ1) is 16.8. The summed E-state index contributed by atoms with van der Waals surface area (Å²) in [4.78, 5) is 39.1. The zero-order valence-corrected chi connectivity index (χ0v) is 20.0. The number of rotatable bonds is 7. The van der Waals surface area contributed by atoms with Crippen molar-refractivity contribution in [3.05, 3.63) is 94.0 Å². The lowest BCUT2D eigenvalue weighted by molar-refractivity contribution is -0.122. The van der Waals surface area contributed by atoms with Gasteiger partial charge in [0, 0.05) is 10.6 Å². The number of urea groups is 1. The number of ether oxygens (including phenoxy) is 2. The Kier molecular flexibility index (Phi) is 7.17. The van der Waals surface area contributed by atoms with Gasteiger partial charge in [0.05, 0.1) is 5.69 Å². The fourth-order valence-electron chi connectivity index (χ4n) is 3.52. The Labute approximate surface area is 207 Å². The van der Waals surface area contributed by atoms with Gasteiger partial charge in [-0.3, -0.25) is 14.9 Å². The first-order valence-electron chi connectivity index (χ1n) is 10.9. The van der Waals surface area contributed by atoms with Gasteiger partial charge >= 0.3 is 6.03 Å². The number of nitrogens with one attached hydrogen (secondary N) is 1. The summed E-state index contributed by atoms with van der Waals surface area (Å²) in [6, 6.07) is 18.6. The lowest BCUT2D eigenvalue weighted by Crippen LogP contribution is -2.54. The number of imide groups is 2. The highest BCUT2D eigenvalue weighted by atomic mass is 35.5. The van der Waals surface area contributed by atoms with E-state index in [-0.39, 0.29) is 18.8 Å². The monoisotopic (exact) mass is 490 g/mol. The Morgan fingerprint density at radius 1 is 0.886 bits per heavy atom. The average Bonchev–Trinajstić information content (AvgIpc) is 2.81. The van der Waals surface area contributed by atoms with Crippen molar-refractivity contribution < 1.29 is 23.9 Å². The minimum atomic E-state index is -0.807. The van der Waals surface area contributed by atoms with E-state index in [1.807, 2.05) is 44.2 Å². The molecule has 0 unspecified atom stereocenters. The van der Waals surface area contributed by atoms with Gasteiger partial charge in [0.25, 0.3) is 11.8 Å². The van der Waals surface area contributed by atoms with Gasteiger partial charge in [-0.05, 0) is 68.0 Å². The summed E-state index contributed by atoms with van der Waals surface area (Å²) in [5, 5.41) is 2.62. The Bertz CT molecular complexity index is 1320. The van der Waals surface area contributed by atoms with E-state index >= 15 is 0 Å². The molecule has 8 heteroatoms. The van der Waals surface area contributed by atoms with Crippen molar-refractivity contribution in [1.29, 1.82) is 0 Å². The predicted octanol–water partition coefficient (Wildman–Crippen LogP) is 5.08. The predicted molar refractivity (Wildman–Crippen MR) is 134 cm³/mol. The molecule has 1 heterocycles. The molecule has 178 valence electrons. The second-order valence-electron chi connectivity index (χ2n) is 7.99. The molecular formula is C27H23ClN2O5. The number of hydrogen-bond acceptors (Lipinski definition) is 5. The fourth-order valence-corrected chi connectivity index (χ4v) is 3.70. The van der Waals surface area contributed by atoms with Crippen molar-refractivity contribution in [3.8, 4) is 11.5 Å². The van der Waals surface area contributed by atoms with E-state index in [4.69, 9.17) is 21.1 Å². The Morgan fingerprint density at radius 2 is 1.63 bits per heavy atom. The van der Waals surface area contributed by atoms with Crippen molar-refractivity contribution in [3.63, 3.8) is 0 Å². The van der Waals surface area contributed by atoms with Gasteiger partial charge < -0.3 is 9.47 Å². The van der Waals surface area contributed by atoms with E-state index in [9.17, 15) is 14.4 Å². The summed E-state index contributed by atoms with van der Waals surface area (Å²) in [5.41, 5.74) is 2.57. The van der Waals surface area contributed by atoms with Crippen molar-refractivity contribution in [1.82, 2.24) is 5.32 Å². The third-order valence-corrected chi connectivity index (χ3v) is 5.50. The van der Waals surface area contributed by atoms with E-state index < -0.39 is 17.8 Å². The first kappa shape index (κ1) is 24.0. The van der Waals surface area contributed by atoms with E-state index in [1.165, 1.54) is 6.08 Å². The second-order valence-corrected chi connectivity index (χ2v) is 8.43. The summed E-state index contributed by atoms with van der Waals surface area (Å²) in [6.07, 6.45) is 1.37. The van der Waals surface area contributed by atoms with Gasteiger partial charge in [-0.2, -0.15) is 0 Å². The van der Waals surface area contributed by atoms with Crippen LogP contribution < -0.4 is 19.7 Å². The highest BCUT2D eigenvalue weighted by Gasteiger charge is 2.37. The van der Waals surface area contributed by atoms with Gasteiger partial charge in [-0.25, -0.2) is 9.69 Å². The number of barbiturate groups is 1. The van der Waals surface area contributed by atoms with Crippen LogP contribution >= 0.6 is 11.6 Å². The Balaban J connectivity index is 1.54. The molecule has 0 saturated carbocycles. The molecule has 0 spiro atoms. The van der Waals surface area contributed by atoms with Gasteiger partial charge in [-0.1, -0.05) is 41.4 Å². The molecule has 0 bridgehead atoms. The summed E-state index contributed by atoms with van der Waals surface area (Å²) in [6.45, 7) is 4.35. The molecule has 1 N–H and O–H groups in total. The van der Waals surface area contributed by atoms with Crippen LogP contribution in [0.4, 0.5) is 10.5 Å². The van der Waals surface area contributed by atoms with Gasteiger partial charge in [0.2, 0.25) is 0 Å². The zero-order valence-electron chi connectivity index (χ0n) is 19.2. The van der Waals surface area contributed by atoms with E-state index in [1.54, 1.807) is 36.4 Å². The minimum Gasteiger partial charge on any atom is -0.490 e. The number of benzene rings is 3. The quantitative estimate of drug-likeness (QED) is 0.283. The number of carbonyl (C=O) groups excluding carboxylic acids is 3. The summed E-state index contributed by atoms with van der Waals surface area (Å²) in [7, 11) is 0. The molecule has 7 nitrogen and oxygen atoms in total. The van der Waals surface area contributed by atoms with Crippen LogP contribution in [0.3, 0.4) is 0 Å². The molecule has 1 fully saturated rings. The minimum absolute atomic E-state index is 0.214. The van der Waals surface area contributed by atoms with Crippen molar-refractivity contribution in [2.75, 3.05) is 18.1 Å². The molecule has 4 amide bonds. The van der Waals surface area contributed by atoms with Crippen LogP contribution in [0.2, 0.25) is 5.02 Å². The summed E-state index contributed by atoms with van der Waals surface area (Å²) < 4.78 is 11.5. The smallest absolute Gasteiger partial charge is 0.335 e. The number of nitrogens with zero attached hydrogens (tertiary/aromatic N) is 1. The number of carbonyl (C=O) groups is 3. The maximum Gasteiger partial charge on any atom is 0.335 e. The van der Waals surface area contributed by atoms with Gasteiger partial charge in [-0.15, -0.1) is 0 Å². The fraction of sp³-hybridized carbons (Fsp3) is 0.148. The topological polar surface area (TPSA) is 84.9 Å². The molecule has 1 aliphatic heterocycles. The molecule has 0 aromatic heterocycles. The molecule has 1 aliphatic rings. The molecule has 0 aliphatic carbocycles. The van der Waals surface area contributed by atoms with E-state index in [0.717, 1.165) is 21.8 Å². The summed E-state index contributed by atoms with van der Waals surface area (Å²) >= 11 is 6.17. The maximum atomic E-state index is 13.2. The van der Waals surface area contributed by atoms with Crippen molar-refractivity contribution in [2.24, 2.45) is 0 Å². The van der Waals surface area contributed by atoms with E-state index in [2.05, 4.69) is 5.32 Å². The highest BCUT2D eigenvalue weighted by Crippen LogP contribution is 2.28. The number of halogens is 1. The normalized spacial score (nSPS) is 14.8. The van der Waals surface area contributed by atoms with Gasteiger partial charge in [0.1, 0.15) is 30.3 Å². The molecular weight excluding hydrogens is 468 g/mol. The van der Waals surface area contributed by atoms with E-state index in [0.29, 0.717) is 22.0 Å². The molecule has 0 radical (unpaired) electrons. The van der Waals surface area contributed by atoms with Crippen molar-refractivity contribution >= 4 is 41.2 Å². The Morgan fingerprint density at radius 3 is 2.37 bits per heavy atom. The Hall–Kier alpha value is -4.10. The molecule has 35 heavy (non-hydrogen) atoms. The molecule has 3 aromatic carbocycles. The number of hydrogen-bond donors (Lipinski definition) is 1.